The summed E-state index contributed by atoms with van der Waals surface area (Å²) >= 11 is 4.97. The Hall–Kier alpha value is -3.23. The molecule has 3 N–H and O–H groups in total. The van der Waals surface area contributed by atoms with Crippen LogP contribution < -0.4 is 20.3 Å². The highest BCUT2D eigenvalue weighted by Crippen LogP contribution is 2.25. The number of pyridine rings is 1. The van der Waals surface area contributed by atoms with Crippen molar-refractivity contribution in [2.24, 2.45) is 0 Å². The smallest absolute Gasteiger partial charge is 0.270 e. The van der Waals surface area contributed by atoms with Crippen molar-refractivity contribution in [1.82, 2.24) is 15.8 Å². The SMILES string of the molecule is CC[C@@H](COc1ccc(C(=S)NO)cc1)NC(=O)c1cc(OC)c2ccccc2n1. The summed E-state index contributed by atoms with van der Waals surface area (Å²) in [5.74, 6) is 0.951. The van der Waals surface area contributed by atoms with Gasteiger partial charge in [-0.1, -0.05) is 31.3 Å². The molecule has 1 heterocycles. The van der Waals surface area contributed by atoms with Crippen LogP contribution in [0.25, 0.3) is 10.9 Å². The minimum absolute atomic E-state index is 0.198. The number of hydroxylamine groups is 1. The van der Waals surface area contributed by atoms with E-state index in [-0.39, 0.29) is 16.9 Å². The van der Waals surface area contributed by atoms with Crippen molar-refractivity contribution >= 4 is 34.0 Å². The van der Waals surface area contributed by atoms with Gasteiger partial charge in [-0.05, 0) is 42.8 Å². The molecule has 0 aliphatic rings. The first-order chi connectivity index (χ1) is 14.5. The van der Waals surface area contributed by atoms with Crippen molar-refractivity contribution in [3.8, 4) is 11.5 Å². The fourth-order valence-corrected chi connectivity index (χ4v) is 3.05. The van der Waals surface area contributed by atoms with E-state index in [1.165, 1.54) is 0 Å². The first-order valence-corrected chi connectivity index (χ1v) is 9.88. The topological polar surface area (TPSA) is 92.7 Å². The number of thiocarbonyl (C=S) groups is 1. The van der Waals surface area contributed by atoms with Crippen molar-refractivity contribution < 1.29 is 19.5 Å². The number of para-hydroxylation sites is 1. The Morgan fingerprint density at radius 1 is 1.20 bits per heavy atom. The number of benzene rings is 2. The molecule has 3 rings (SSSR count). The molecular formula is C22H23N3O4S. The number of carbonyl (C=O) groups is 1. The van der Waals surface area contributed by atoms with Crippen LogP contribution in [0.15, 0.2) is 54.6 Å². The van der Waals surface area contributed by atoms with Gasteiger partial charge in [0.05, 0.1) is 18.7 Å². The Morgan fingerprint density at radius 3 is 2.60 bits per heavy atom. The highest BCUT2D eigenvalue weighted by Gasteiger charge is 2.17. The summed E-state index contributed by atoms with van der Waals surface area (Å²) in [5, 5.41) is 12.7. The van der Waals surface area contributed by atoms with E-state index in [9.17, 15) is 4.79 Å². The summed E-state index contributed by atoms with van der Waals surface area (Å²) in [7, 11) is 1.57. The third-order valence-corrected chi connectivity index (χ3v) is 4.96. The van der Waals surface area contributed by atoms with E-state index in [1.807, 2.05) is 36.7 Å². The molecule has 0 bridgehead atoms. The molecule has 0 fully saturated rings. The van der Waals surface area contributed by atoms with Crippen molar-refractivity contribution in [2.45, 2.75) is 19.4 Å². The Kier molecular flexibility index (Phi) is 7.16. The quantitative estimate of drug-likeness (QED) is 0.376. The number of aromatic nitrogens is 1. The molecule has 1 amide bonds. The number of carbonyl (C=O) groups excluding carboxylic acids is 1. The fraction of sp³-hybridized carbons (Fsp3) is 0.227. The highest BCUT2D eigenvalue weighted by molar-refractivity contribution is 7.80. The second-order valence-corrected chi connectivity index (χ2v) is 6.99. The molecule has 1 atom stereocenters. The van der Waals surface area contributed by atoms with Crippen LogP contribution in [0, 0.1) is 0 Å². The zero-order valence-electron chi connectivity index (χ0n) is 16.7. The van der Waals surface area contributed by atoms with Crippen molar-refractivity contribution in [1.29, 1.82) is 0 Å². The molecule has 8 heteroatoms. The normalized spacial score (nSPS) is 11.6. The minimum Gasteiger partial charge on any atom is -0.496 e. The lowest BCUT2D eigenvalue weighted by molar-refractivity contribution is 0.0915. The number of amides is 1. The second kappa shape index (κ2) is 10.00. The van der Waals surface area contributed by atoms with Crippen LogP contribution in [-0.2, 0) is 0 Å². The molecule has 30 heavy (non-hydrogen) atoms. The molecule has 1 aromatic heterocycles. The molecule has 3 aromatic rings. The number of ether oxygens (including phenoxy) is 2. The lowest BCUT2D eigenvalue weighted by atomic mass is 10.1. The van der Waals surface area contributed by atoms with Gasteiger partial charge in [-0.25, -0.2) is 4.98 Å². The van der Waals surface area contributed by atoms with Crippen LogP contribution in [0.4, 0.5) is 0 Å². The van der Waals surface area contributed by atoms with Crippen LogP contribution in [0.3, 0.4) is 0 Å². The average Bonchev–Trinajstić information content (AvgIpc) is 2.80. The molecule has 7 nitrogen and oxygen atoms in total. The molecule has 0 aliphatic carbocycles. The van der Waals surface area contributed by atoms with E-state index in [4.69, 9.17) is 26.9 Å². The highest BCUT2D eigenvalue weighted by atomic mass is 32.1. The average molecular weight is 426 g/mol. The maximum absolute atomic E-state index is 12.8. The lowest BCUT2D eigenvalue weighted by Gasteiger charge is -2.18. The number of fused-ring (bicyclic) bond motifs is 1. The van der Waals surface area contributed by atoms with E-state index < -0.39 is 0 Å². The van der Waals surface area contributed by atoms with Crippen LogP contribution in [0.1, 0.15) is 29.4 Å². The van der Waals surface area contributed by atoms with Gasteiger partial charge in [0.15, 0.2) is 0 Å². The first-order valence-electron chi connectivity index (χ1n) is 9.47. The number of hydrogen-bond donors (Lipinski definition) is 3. The van der Waals surface area contributed by atoms with Gasteiger partial charge in [-0.3, -0.25) is 15.5 Å². The third kappa shape index (κ3) is 5.03. The standard InChI is InChI=1S/C22H23N3O4S/c1-3-15(13-29-16-10-8-14(9-11-16)22(30)25-27)23-21(26)19-12-20(28-2)17-6-4-5-7-18(17)24-19/h4-12,15,27H,3,13H2,1-2H3,(H,23,26)(H,25,30)/t15-/m0/s1. The monoisotopic (exact) mass is 425 g/mol. The molecule has 0 spiro atoms. The van der Waals surface area contributed by atoms with Gasteiger partial charge in [-0.2, -0.15) is 0 Å². The summed E-state index contributed by atoms with van der Waals surface area (Å²) in [6.45, 7) is 2.27. The maximum Gasteiger partial charge on any atom is 0.270 e. The molecule has 0 radical (unpaired) electrons. The van der Waals surface area contributed by atoms with Crippen LogP contribution in [0.5, 0.6) is 11.5 Å². The Bertz CT molecular complexity index is 1040. The van der Waals surface area contributed by atoms with Gasteiger partial charge in [0.1, 0.15) is 28.8 Å². The van der Waals surface area contributed by atoms with Gasteiger partial charge in [-0.15, -0.1) is 0 Å². The predicted octanol–water partition coefficient (Wildman–Crippen LogP) is 3.49. The largest absolute Gasteiger partial charge is 0.496 e. The second-order valence-electron chi connectivity index (χ2n) is 6.58. The van der Waals surface area contributed by atoms with Crippen molar-refractivity contribution in [2.75, 3.05) is 13.7 Å². The van der Waals surface area contributed by atoms with Crippen molar-refractivity contribution in [3.63, 3.8) is 0 Å². The summed E-state index contributed by atoms with van der Waals surface area (Å²) in [5.41, 5.74) is 3.61. The summed E-state index contributed by atoms with van der Waals surface area (Å²) in [6, 6.07) is 15.9. The Morgan fingerprint density at radius 2 is 1.93 bits per heavy atom. The zero-order valence-corrected chi connectivity index (χ0v) is 17.5. The van der Waals surface area contributed by atoms with Crippen LogP contribution >= 0.6 is 12.2 Å². The van der Waals surface area contributed by atoms with Crippen LogP contribution in [0.2, 0.25) is 0 Å². The molecule has 0 saturated heterocycles. The van der Waals surface area contributed by atoms with Crippen molar-refractivity contribution in [3.05, 3.63) is 65.9 Å². The molecule has 0 aliphatic heterocycles. The van der Waals surface area contributed by atoms with E-state index >= 15 is 0 Å². The Balaban J connectivity index is 1.66. The number of nitrogens with one attached hydrogen (secondary N) is 2. The summed E-state index contributed by atoms with van der Waals surface area (Å²) in [4.78, 5) is 17.4. The van der Waals surface area contributed by atoms with Gasteiger partial charge in [0.25, 0.3) is 5.91 Å². The summed E-state index contributed by atoms with van der Waals surface area (Å²) < 4.78 is 11.2. The molecular weight excluding hydrogens is 402 g/mol. The maximum atomic E-state index is 12.8. The van der Waals surface area contributed by atoms with E-state index in [2.05, 4.69) is 10.3 Å². The summed E-state index contributed by atoms with van der Waals surface area (Å²) in [6.07, 6.45) is 0.688. The number of rotatable bonds is 8. The number of hydrogen-bond acceptors (Lipinski definition) is 6. The molecule has 0 saturated carbocycles. The van der Waals surface area contributed by atoms with Gasteiger partial charge < -0.3 is 14.8 Å². The van der Waals surface area contributed by atoms with Gasteiger partial charge >= 0.3 is 0 Å². The third-order valence-electron chi connectivity index (χ3n) is 4.63. The van der Waals surface area contributed by atoms with E-state index in [0.29, 0.717) is 41.3 Å². The molecule has 0 unspecified atom stereocenters. The van der Waals surface area contributed by atoms with Crippen LogP contribution in [-0.4, -0.2) is 40.8 Å². The van der Waals surface area contributed by atoms with E-state index in [1.54, 1.807) is 37.4 Å². The Labute approximate surface area is 180 Å². The van der Waals surface area contributed by atoms with E-state index in [0.717, 1.165) is 5.39 Å². The number of nitrogens with zero attached hydrogens (tertiary/aromatic N) is 1. The van der Waals surface area contributed by atoms with Gasteiger partial charge in [0.2, 0.25) is 0 Å². The fourth-order valence-electron chi connectivity index (χ4n) is 2.91. The molecule has 2 aromatic carbocycles. The first kappa shape index (κ1) is 21.5. The number of methoxy groups -OCH3 is 1. The minimum atomic E-state index is -0.288. The zero-order chi connectivity index (χ0) is 21.5. The van der Waals surface area contributed by atoms with Gasteiger partial charge in [0, 0.05) is 17.0 Å². The predicted molar refractivity (Wildman–Crippen MR) is 118 cm³/mol. The molecule has 156 valence electrons. The lowest BCUT2D eigenvalue weighted by Crippen LogP contribution is -2.39.